The number of anilines is 1. The largest absolute Gasteiger partial charge is 0.495 e. The maximum Gasteiger partial charge on any atom is 0.141 e. The standard InChI is InChI=1S/C15H16FNO/c1-11(12-7-9-13(16)10-8-12)17-14-5-3-4-6-15(14)18-2/h3-11,17H,1-2H3/t11-/m1/s1. The van der Waals surface area contributed by atoms with Gasteiger partial charge in [0.15, 0.2) is 0 Å². The molecule has 94 valence electrons. The summed E-state index contributed by atoms with van der Waals surface area (Å²) in [5.74, 6) is 0.578. The van der Waals surface area contributed by atoms with Gasteiger partial charge in [0.25, 0.3) is 0 Å². The first kappa shape index (κ1) is 12.4. The number of benzene rings is 2. The van der Waals surface area contributed by atoms with E-state index in [9.17, 15) is 4.39 Å². The van der Waals surface area contributed by atoms with Crippen LogP contribution in [0.2, 0.25) is 0 Å². The molecule has 1 N–H and O–H groups in total. The third kappa shape index (κ3) is 2.80. The minimum absolute atomic E-state index is 0.0851. The molecule has 2 aromatic rings. The zero-order valence-corrected chi connectivity index (χ0v) is 10.5. The van der Waals surface area contributed by atoms with E-state index in [1.807, 2.05) is 31.2 Å². The van der Waals surface area contributed by atoms with Crippen LogP contribution in [0.5, 0.6) is 5.75 Å². The number of rotatable bonds is 4. The molecule has 0 aliphatic carbocycles. The summed E-state index contributed by atoms with van der Waals surface area (Å²) in [6.45, 7) is 2.03. The summed E-state index contributed by atoms with van der Waals surface area (Å²) in [6, 6.07) is 14.3. The van der Waals surface area contributed by atoms with Gasteiger partial charge in [-0.15, -0.1) is 0 Å². The van der Waals surface area contributed by atoms with Crippen LogP contribution in [-0.4, -0.2) is 7.11 Å². The molecule has 0 radical (unpaired) electrons. The molecule has 0 fully saturated rings. The topological polar surface area (TPSA) is 21.3 Å². The van der Waals surface area contributed by atoms with Crippen LogP contribution in [0, 0.1) is 5.82 Å². The molecule has 0 heterocycles. The van der Waals surface area contributed by atoms with Gasteiger partial charge in [-0.25, -0.2) is 4.39 Å². The maximum atomic E-state index is 12.9. The molecule has 0 aliphatic heterocycles. The molecule has 0 unspecified atom stereocenters. The van der Waals surface area contributed by atoms with E-state index in [1.54, 1.807) is 19.2 Å². The fourth-order valence-corrected chi connectivity index (χ4v) is 1.83. The van der Waals surface area contributed by atoms with Gasteiger partial charge in [-0.2, -0.15) is 0 Å². The van der Waals surface area contributed by atoms with E-state index in [-0.39, 0.29) is 11.9 Å². The van der Waals surface area contributed by atoms with Crippen LogP contribution >= 0.6 is 0 Å². The van der Waals surface area contributed by atoms with Crippen molar-refractivity contribution in [1.82, 2.24) is 0 Å². The quantitative estimate of drug-likeness (QED) is 0.878. The molecule has 18 heavy (non-hydrogen) atoms. The van der Waals surface area contributed by atoms with Crippen LogP contribution in [-0.2, 0) is 0 Å². The van der Waals surface area contributed by atoms with Gasteiger partial charge >= 0.3 is 0 Å². The third-order valence-corrected chi connectivity index (χ3v) is 2.85. The molecule has 0 saturated carbocycles. The van der Waals surface area contributed by atoms with Crippen LogP contribution in [0.15, 0.2) is 48.5 Å². The number of para-hydroxylation sites is 2. The highest BCUT2D eigenvalue weighted by Crippen LogP contribution is 2.27. The smallest absolute Gasteiger partial charge is 0.141 e. The highest BCUT2D eigenvalue weighted by Gasteiger charge is 2.08. The van der Waals surface area contributed by atoms with Crippen molar-refractivity contribution in [3.05, 3.63) is 59.9 Å². The van der Waals surface area contributed by atoms with E-state index in [1.165, 1.54) is 12.1 Å². The van der Waals surface area contributed by atoms with Crippen LogP contribution in [0.25, 0.3) is 0 Å². The lowest BCUT2D eigenvalue weighted by molar-refractivity contribution is 0.416. The van der Waals surface area contributed by atoms with E-state index in [2.05, 4.69) is 5.32 Å². The second-order valence-electron chi connectivity index (χ2n) is 4.12. The summed E-state index contributed by atoms with van der Waals surface area (Å²) in [5.41, 5.74) is 1.96. The first-order chi connectivity index (χ1) is 8.70. The first-order valence-corrected chi connectivity index (χ1v) is 5.85. The SMILES string of the molecule is COc1ccccc1N[C@H](C)c1ccc(F)cc1. The van der Waals surface area contributed by atoms with Gasteiger partial charge in [-0.05, 0) is 36.8 Å². The fourth-order valence-electron chi connectivity index (χ4n) is 1.83. The average Bonchev–Trinajstić information content (AvgIpc) is 2.40. The van der Waals surface area contributed by atoms with Gasteiger partial charge in [-0.1, -0.05) is 24.3 Å². The summed E-state index contributed by atoms with van der Waals surface area (Å²) < 4.78 is 18.1. The van der Waals surface area contributed by atoms with Gasteiger partial charge in [0, 0.05) is 6.04 Å². The van der Waals surface area contributed by atoms with E-state index in [4.69, 9.17) is 4.74 Å². The molecule has 0 bridgehead atoms. The number of ether oxygens (including phenoxy) is 1. The van der Waals surface area contributed by atoms with Crippen molar-refractivity contribution in [2.24, 2.45) is 0 Å². The summed E-state index contributed by atoms with van der Waals surface area (Å²) in [7, 11) is 1.64. The maximum absolute atomic E-state index is 12.9. The van der Waals surface area contributed by atoms with Gasteiger partial charge in [0.2, 0.25) is 0 Å². The molecule has 0 amide bonds. The molecule has 0 aromatic heterocycles. The van der Waals surface area contributed by atoms with Crippen molar-refractivity contribution in [3.8, 4) is 5.75 Å². The molecular weight excluding hydrogens is 229 g/mol. The Morgan fingerprint density at radius 2 is 1.72 bits per heavy atom. The highest BCUT2D eigenvalue weighted by atomic mass is 19.1. The molecule has 0 saturated heterocycles. The Morgan fingerprint density at radius 3 is 2.39 bits per heavy atom. The fraction of sp³-hybridized carbons (Fsp3) is 0.200. The number of nitrogens with one attached hydrogen (secondary N) is 1. The predicted octanol–water partition coefficient (Wildman–Crippen LogP) is 4.01. The molecule has 2 nitrogen and oxygen atoms in total. The summed E-state index contributed by atoms with van der Waals surface area (Å²) in [5, 5.41) is 3.35. The van der Waals surface area contributed by atoms with Crippen LogP contribution in [0.4, 0.5) is 10.1 Å². The number of methoxy groups -OCH3 is 1. The molecular formula is C15H16FNO. The van der Waals surface area contributed by atoms with Gasteiger partial charge in [0.1, 0.15) is 11.6 Å². The van der Waals surface area contributed by atoms with Crippen molar-refractivity contribution >= 4 is 5.69 Å². The Balaban J connectivity index is 2.15. The second-order valence-corrected chi connectivity index (χ2v) is 4.12. The van der Waals surface area contributed by atoms with Crippen molar-refractivity contribution in [1.29, 1.82) is 0 Å². The minimum Gasteiger partial charge on any atom is -0.495 e. The number of halogens is 1. The van der Waals surface area contributed by atoms with E-state index in [0.29, 0.717) is 0 Å². The lowest BCUT2D eigenvalue weighted by atomic mass is 10.1. The van der Waals surface area contributed by atoms with Crippen molar-refractivity contribution in [2.45, 2.75) is 13.0 Å². The Bertz CT molecular complexity index is 510. The van der Waals surface area contributed by atoms with E-state index in [0.717, 1.165) is 17.0 Å². The molecule has 3 heteroatoms. The lowest BCUT2D eigenvalue weighted by Crippen LogP contribution is -2.07. The van der Waals surface area contributed by atoms with Gasteiger partial charge in [-0.3, -0.25) is 0 Å². The Kier molecular flexibility index (Phi) is 3.82. The molecule has 2 rings (SSSR count). The minimum atomic E-state index is -0.219. The molecule has 1 atom stereocenters. The van der Waals surface area contributed by atoms with Crippen molar-refractivity contribution in [3.63, 3.8) is 0 Å². The monoisotopic (exact) mass is 245 g/mol. The zero-order valence-electron chi connectivity index (χ0n) is 10.5. The average molecular weight is 245 g/mol. The normalized spacial score (nSPS) is 11.9. The Labute approximate surface area is 106 Å². The molecule has 0 aliphatic rings. The van der Waals surface area contributed by atoms with E-state index >= 15 is 0 Å². The summed E-state index contributed by atoms with van der Waals surface area (Å²) in [6.07, 6.45) is 0. The highest BCUT2D eigenvalue weighted by molar-refractivity contribution is 5.57. The second kappa shape index (κ2) is 5.54. The number of hydrogen-bond donors (Lipinski definition) is 1. The summed E-state index contributed by atoms with van der Waals surface area (Å²) >= 11 is 0. The summed E-state index contributed by atoms with van der Waals surface area (Å²) in [4.78, 5) is 0. The predicted molar refractivity (Wildman–Crippen MR) is 71.4 cm³/mol. The molecule has 2 aromatic carbocycles. The van der Waals surface area contributed by atoms with Gasteiger partial charge < -0.3 is 10.1 Å². The Hall–Kier alpha value is -2.03. The Morgan fingerprint density at radius 1 is 1.06 bits per heavy atom. The van der Waals surface area contributed by atoms with Crippen LogP contribution in [0.3, 0.4) is 0 Å². The van der Waals surface area contributed by atoms with Crippen molar-refractivity contribution in [2.75, 3.05) is 12.4 Å². The number of hydrogen-bond acceptors (Lipinski definition) is 2. The van der Waals surface area contributed by atoms with Gasteiger partial charge in [0.05, 0.1) is 12.8 Å². The molecule has 0 spiro atoms. The third-order valence-electron chi connectivity index (χ3n) is 2.85. The van der Waals surface area contributed by atoms with Crippen LogP contribution in [0.1, 0.15) is 18.5 Å². The van der Waals surface area contributed by atoms with Crippen molar-refractivity contribution < 1.29 is 9.13 Å². The van der Waals surface area contributed by atoms with Crippen LogP contribution < -0.4 is 10.1 Å². The van der Waals surface area contributed by atoms with E-state index < -0.39 is 0 Å². The zero-order chi connectivity index (χ0) is 13.0. The first-order valence-electron chi connectivity index (χ1n) is 5.85. The lowest BCUT2D eigenvalue weighted by Gasteiger charge is -2.17.